The maximum atomic E-state index is 12.0. The number of carbonyl (C=O) groups is 1. The summed E-state index contributed by atoms with van der Waals surface area (Å²) in [6, 6.07) is 0. The van der Waals surface area contributed by atoms with E-state index in [1.54, 1.807) is 43.1 Å². The first kappa shape index (κ1) is 16.8. The van der Waals surface area contributed by atoms with Crippen molar-refractivity contribution in [2.45, 2.75) is 38.1 Å². The molecule has 0 aliphatic heterocycles. The van der Waals surface area contributed by atoms with Crippen LogP contribution >= 0.6 is 23.1 Å². The summed E-state index contributed by atoms with van der Waals surface area (Å²) in [6.07, 6.45) is 1.93. The van der Waals surface area contributed by atoms with Crippen LogP contribution in [0.3, 0.4) is 0 Å². The molecule has 1 amide bonds. The maximum absolute atomic E-state index is 12.0. The van der Waals surface area contributed by atoms with Crippen molar-refractivity contribution in [2.24, 2.45) is 0 Å². The number of nitrogens with one attached hydrogen (secondary N) is 2. The van der Waals surface area contributed by atoms with Gasteiger partial charge in [-0.3, -0.25) is 9.59 Å². The number of amides is 1. The van der Waals surface area contributed by atoms with Crippen LogP contribution in [-0.4, -0.2) is 21.6 Å². The summed E-state index contributed by atoms with van der Waals surface area (Å²) < 4.78 is 0.990. The van der Waals surface area contributed by atoms with E-state index < -0.39 is 0 Å². The van der Waals surface area contributed by atoms with Gasteiger partial charge in [-0.15, -0.1) is 11.3 Å². The van der Waals surface area contributed by atoms with E-state index in [2.05, 4.69) is 22.2 Å². The Kier molecular flexibility index (Phi) is 5.79. The summed E-state index contributed by atoms with van der Waals surface area (Å²) in [5, 5.41) is 4.74. The number of thiazole rings is 1. The highest BCUT2D eigenvalue weighted by Crippen LogP contribution is 2.22. The number of H-pyrrole nitrogens is 1. The third-order valence-corrected chi connectivity index (χ3v) is 5.17. The van der Waals surface area contributed by atoms with Gasteiger partial charge in [0.2, 0.25) is 5.91 Å². The van der Waals surface area contributed by atoms with Crippen molar-refractivity contribution in [1.29, 1.82) is 0 Å². The van der Waals surface area contributed by atoms with Crippen LogP contribution in [0.5, 0.6) is 0 Å². The van der Waals surface area contributed by atoms with Crippen LogP contribution in [0.4, 0.5) is 0 Å². The molecule has 118 valence electrons. The molecular formula is C15H19N3O2S2. The van der Waals surface area contributed by atoms with Gasteiger partial charge in [0.05, 0.1) is 18.7 Å². The average Bonchev–Trinajstić information content (AvgIpc) is 2.91. The third kappa shape index (κ3) is 4.20. The molecule has 2 aromatic rings. The molecule has 0 unspecified atom stereocenters. The second-order valence-corrected chi connectivity index (χ2v) is 7.26. The van der Waals surface area contributed by atoms with E-state index in [1.165, 1.54) is 0 Å². The van der Waals surface area contributed by atoms with Crippen LogP contribution in [0, 0.1) is 13.8 Å². The second kappa shape index (κ2) is 7.60. The summed E-state index contributed by atoms with van der Waals surface area (Å²) in [5.41, 5.74) is 2.87. The van der Waals surface area contributed by atoms with Gasteiger partial charge in [-0.2, -0.15) is 0 Å². The van der Waals surface area contributed by atoms with Gasteiger partial charge in [-0.25, -0.2) is 4.98 Å². The van der Waals surface area contributed by atoms with Crippen LogP contribution in [0.15, 0.2) is 20.7 Å². The largest absolute Gasteiger partial charge is 0.363 e. The molecule has 0 aromatic carbocycles. The molecule has 7 heteroatoms. The SMILES string of the molecule is CCSc1nc(CC(=O)NCc2[nH]cc(C)c(=O)c2C)cs1. The molecule has 0 bridgehead atoms. The maximum Gasteiger partial charge on any atom is 0.226 e. The molecule has 0 radical (unpaired) electrons. The van der Waals surface area contributed by atoms with Crippen molar-refractivity contribution in [2.75, 3.05) is 5.75 Å². The second-order valence-electron chi connectivity index (χ2n) is 4.90. The summed E-state index contributed by atoms with van der Waals surface area (Å²) in [7, 11) is 0. The molecule has 2 heterocycles. The van der Waals surface area contributed by atoms with Gasteiger partial charge in [-0.05, 0) is 19.6 Å². The van der Waals surface area contributed by atoms with Crippen LogP contribution in [0.2, 0.25) is 0 Å². The highest BCUT2D eigenvalue weighted by Gasteiger charge is 2.10. The normalized spacial score (nSPS) is 10.7. The number of pyridine rings is 1. The molecule has 0 saturated heterocycles. The number of thioether (sulfide) groups is 1. The zero-order chi connectivity index (χ0) is 16.1. The Labute approximate surface area is 137 Å². The minimum Gasteiger partial charge on any atom is -0.363 e. The van der Waals surface area contributed by atoms with Gasteiger partial charge in [-0.1, -0.05) is 18.7 Å². The van der Waals surface area contributed by atoms with Crippen molar-refractivity contribution in [3.05, 3.63) is 44.3 Å². The minimum absolute atomic E-state index is 0.0173. The predicted molar refractivity (Wildman–Crippen MR) is 90.6 cm³/mol. The van der Waals surface area contributed by atoms with Gasteiger partial charge in [0, 0.05) is 28.4 Å². The van der Waals surface area contributed by atoms with Crippen molar-refractivity contribution >= 4 is 29.0 Å². The summed E-state index contributed by atoms with van der Waals surface area (Å²) >= 11 is 3.24. The highest BCUT2D eigenvalue weighted by molar-refractivity contribution is 8.00. The Morgan fingerprint density at radius 3 is 2.95 bits per heavy atom. The first-order valence-corrected chi connectivity index (χ1v) is 8.89. The van der Waals surface area contributed by atoms with E-state index >= 15 is 0 Å². The van der Waals surface area contributed by atoms with E-state index in [1.807, 2.05) is 5.38 Å². The van der Waals surface area contributed by atoms with Gasteiger partial charge >= 0.3 is 0 Å². The average molecular weight is 337 g/mol. The summed E-state index contributed by atoms with van der Waals surface area (Å²) in [5.74, 6) is 0.873. The molecule has 2 rings (SSSR count). The van der Waals surface area contributed by atoms with Crippen molar-refractivity contribution < 1.29 is 4.79 Å². The Morgan fingerprint density at radius 1 is 1.45 bits per heavy atom. The topological polar surface area (TPSA) is 74.8 Å². The standard InChI is InChI=1S/C15H19N3O2S2/c1-4-21-15-18-11(8-22-15)5-13(19)17-7-12-10(3)14(20)9(2)6-16-12/h6,8H,4-5,7H2,1-3H3,(H,16,20)(H,17,19). The zero-order valence-electron chi connectivity index (χ0n) is 12.9. The first-order valence-electron chi connectivity index (χ1n) is 7.03. The Hall–Kier alpha value is -1.60. The van der Waals surface area contributed by atoms with Crippen molar-refractivity contribution in [1.82, 2.24) is 15.3 Å². The fourth-order valence-electron chi connectivity index (χ4n) is 1.96. The Bertz CT molecular complexity index is 722. The molecule has 0 saturated carbocycles. The number of aromatic amines is 1. The lowest BCUT2D eigenvalue weighted by molar-refractivity contribution is -0.120. The van der Waals surface area contributed by atoms with E-state index in [0.29, 0.717) is 17.7 Å². The number of nitrogens with zero attached hydrogens (tertiary/aromatic N) is 1. The van der Waals surface area contributed by atoms with Gasteiger partial charge < -0.3 is 10.3 Å². The molecule has 5 nitrogen and oxygen atoms in total. The number of hydrogen-bond donors (Lipinski definition) is 2. The molecule has 2 aromatic heterocycles. The fraction of sp³-hybridized carbons (Fsp3) is 0.400. The van der Waals surface area contributed by atoms with E-state index in [9.17, 15) is 9.59 Å². The van der Waals surface area contributed by atoms with Gasteiger partial charge in [0.25, 0.3) is 0 Å². The molecule has 0 aliphatic carbocycles. The lowest BCUT2D eigenvalue weighted by Crippen LogP contribution is -2.27. The lowest BCUT2D eigenvalue weighted by atomic mass is 10.1. The van der Waals surface area contributed by atoms with E-state index in [0.717, 1.165) is 21.5 Å². The summed E-state index contributed by atoms with van der Waals surface area (Å²) in [4.78, 5) is 31.3. The fourth-order valence-corrected chi connectivity index (χ4v) is 3.70. The molecule has 0 atom stereocenters. The molecule has 0 fully saturated rings. The van der Waals surface area contributed by atoms with Crippen LogP contribution in [-0.2, 0) is 17.8 Å². The van der Waals surface area contributed by atoms with Crippen LogP contribution in [0.25, 0.3) is 0 Å². The van der Waals surface area contributed by atoms with Crippen molar-refractivity contribution in [3.8, 4) is 0 Å². The zero-order valence-corrected chi connectivity index (χ0v) is 14.5. The predicted octanol–water partition coefficient (Wildman–Crippen LogP) is 2.42. The molecule has 22 heavy (non-hydrogen) atoms. The highest BCUT2D eigenvalue weighted by atomic mass is 32.2. The summed E-state index contributed by atoms with van der Waals surface area (Å²) in [6.45, 7) is 5.92. The number of aryl methyl sites for hydroxylation is 1. The lowest BCUT2D eigenvalue weighted by Gasteiger charge is -2.08. The third-order valence-electron chi connectivity index (χ3n) is 3.22. The smallest absolute Gasteiger partial charge is 0.226 e. The van der Waals surface area contributed by atoms with Crippen LogP contribution in [0.1, 0.15) is 29.4 Å². The van der Waals surface area contributed by atoms with Gasteiger partial charge in [0.1, 0.15) is 4.34 Å². The molecule has 0 aliphatic rings. The Balaban J connectivity index is 1.92. The molecule has 0 spiro atoms. The number of aromatic nitrogens is 2. The van der Waals surface area contributed by atoms with Crippen molar-refractivity contribution in [3.63, 3.8) is 0 Å². The number of carbonyl (C=O) groups excluding carboxylic acids is 1. The number of rotatable bonds is 6. The first-order chi connectivity index (χ1) is 10.5. The molecule has 2 N–H and O–H groups in total. The van der Waals surface area contributed by atoms with Gasteiger partial charge in [0.15, 0.2) is 5.43 Å². The quantitative estimate of drug-likeness (QED) is 0.794. The monoisotopic (exact) mass is 337 g/mol. The molecular weight excluding hydrogens is 318 g/mol. The van der Waals surface area contributed by atoms with Crippen LogP contribution < -0.4 is 10.7 Å². The van der Waals surface area contributed by atoms with E-state index in [4.69, 9.17) is 0 Å². The minimum atomic E-state index is -0.0980. The number of hydrogen-bond acceptors (Lipinski definition) is 5. The Morgan fingerprint density at radius 2 is 2.23 bits per heavy atom. The van der Waals surface area contributed by atoms with E-state index in [-0.39, 0.29) is 17.8 Å².